The number of carbonyl (C=O) groups is 2. The first-order valence-electron chi connectivity index (χ1n) is 5.37. The van der Waals surface area contributed by atoms with Crippen molar-refractivity contribution < 1.29 is 23.5 Å². The average Bonchev–Trinajstić information content (AvgIpc) is 2.75. The number of benzene rings is 1. The number of aromatic carboxylic acids is 1. The van der Waals surface area contributed by atoms with Crippen LogP contribution in [0.2, 0.25) is 0 Å². The Kier molecular flexibility index (Phi) is 3.33. The quantitative estimate of drug-likeness (QED) is 0.892. The van der Waals surface area contributed by atoms with Crippen LogP contribution in [0.1, 0.15) is 26.5 Å². The number of carboxylic acid groups (broad SMARTS) is 1. The van der Waals surface area contributed by atoms with Gasteiger partial charge in [0.1, 0.15) is 5.82 Å². The summed E-state index contributed by atoms with van der Waals surface area (Å²) in [6.45, 7) is 1.67. The van der Waals surface area contributed by atoms with Gasteiger partial charge in [-0.05, 0) is 31.2 Å². The molecule has 1 aromatic heterocycles. The van der Waals surface area contributed by atoms with E-state index in [1.54, 1.807) is 13.0 Å². The average molecular weight is 263 g/mol. The second-order valence-corrected chi connectivity index (χ2v) is 3.88. The van der Waals surface area contributed by atoms with Crippen LogP contribution < -0.4 is 5.32 Å². The molecule has 0 saturated heterocycles. The van der Waals surface area contributed by atoms with Crippen molar-refractivity contribution in [2.45, 2.75) is 6.92 Å². The van der Waals surface area contributed by atoms with Gasteiger partial charge in [-0.2, -0.15) is 0 Å². The summed E-state index contributed by atoms with van der Waals surface area (Å²) >= 11 is 0. The minimum Gasteiger partial charge on any atom is -0.478 e. The number of aryl methyl sites for hydroxylation is 1. The third-order valence-electron chi connectivity index (χ3n) is 2.53. The zero-order valence-corrected chi connectivity index (χ0v) is 9.94. The molecule has 0 unspecified atom stereocenters. The predicted octanol–water partition coefficient (Wildman–Crippen LogP) is 2.68. The Hall–Kier alpha value is -2.63. The standard InChI is InChI=1S/C13H10FNO4/c1-7-4-5-19-11(7)12(16)15-10-6-8(14)2-3-9(10)13(17)18/h2-6H,1H3,(H,15,16)(H,17,18). The second kappa shape index (κ2) is 4.93. The van der Waals surface area contributed by atoms with Crippen LogP contribution in [0.15, 0.2) is 34.9 Å². The number of amides is 1. The fourth-order valence-corrected chi connectivity index (χ4v) is 1.59. The number of hydrogen-bond donors (Lipinski definition) is 2. The molecule has 0 bridgehead atoms. The molecule has 2 aromatic rings. The Morgan fingerprint density at radius 3 is 2.63 bits per heavy atom. The highest BCUT2D eigenvalue weighted by Gasteiger charge is 2.17. The number of carboxylic acids is 1. The molecule has 0 aliphatic rings. The summed E-state index contributed by atoms with van der Waals surface area (Å²) in [5, 5.41) is 11.3. The maximum absolute atomic E-state index is 13.1. The monoisotopic (exact) mass is 263 g/mol. The van der Waals surface area contributed by atoms with E-state index in [1.165, 1.54) is 6.26 Å². The van der Waals surface area contributed by atoms with Gasteiger partial charge in [0.25, 0.3) is 5.91 Å². The lowest BCUT2D eigenvalue weighted by Gasteiger charge is -2.07. The molecule has 0 spiro atoms. The van der Waals surface area contributed by atoms with E-state index < -0.39 is 17.7 Å². The first kappa shape index (κ1) is 12.8. The molecule has 5 nitrogen and oxygen atoms in total. The molecule has 98 valence electrons. The number of anilines is 1. The maximum Gasteiger partial charge on any atom is 0.337 e. The molecule has 0 aliphatic carbocycles. The van der Waals surface area contributed by atoms with Crippen molar-refractivity contribution in [3.05, 3.63) is 53.2 Å². The van der Waals surface area contributed by atoms with Crippen LogP contribution in [0.5, 0.6) is 0 Å². The first-order valence-corrected chi connectivity index (χ1v) is 5.37. The van der Waals surface area contributed by atoms with Crippen molar-refractivity contribution in [3.8, 4) is 0 Å². The number of nitrogens with one attached hydrogen (secondary N) is 1. The van der Waals surface area contributed by atoms with E-state index in [1.807, 2.05) is 0 Å². The van der Waals surface area contributed by atoms with Crippen LogP contribution in [-0.2, 0) is 0 Å². The van der Waals surface area contributed by atoms with Gasteiger partial charge in [0.05, 0.1) is 17.5 Å². The Morgan fingerprint density at radius 2 is 2.05 bits per heavy atom. The number of rotatable bonds is 3. The van der Waals surface area contributed by atoms with Gasteiger partial charge in [0.2, 0.25) is 0 Å². The number of furan rings is 1. The molecule has 1 amide bonds. The number of halogens is 1. The smallest absolute Gasteiger partial charge is 0.337 e. The third kappa shape index (κ3) is 2.62. The highest BCUT2D eigenvalue weighted by molar-refractivity contribution is 6.06. The van der Waals surface area contributed by atoms with Gasteiger partial charge >= 0.3 is 5.97 Å². The largest absolute Gasteiger partial charge is 0.478 e. The summed E-state index contributed by atoms with van der Waals surface area (Å²) in [6.07, 6.45) is 1.34. The van der Waals surface area contributed by atoms with Crippen LogP contribution >= 0.6 is 0 Å². The van der Waals surface area contributed by atoms with Gasteiger partial charge in [0, 0.05) is 5.56 Å². The Morgan fingerprint density at radius 1 is 1.32 bits per heavy atom. The predicted molar refractivity (Wildman–Crippen MR) is 64.8 cm³/mol. The van der Waals surface area contributed by atoms with Crippen molar-refractivity contribution in [3.63, 3.8) is 0 Å². The summed E-state index contributed by atoms with van der Waals surface area (Å²) < 4.78 is 18.1. The van der Waals surface area contributed by atoms with Crippen molar-refractivity contribution in [2.24, 2.45) is 0 Å². The first-order chi connectivity index (χ1) is 8.99. The minimum absolute atomic E-state index is 0.0561. The van der Waals surface area contributed by atoms with Crippen LogP contribution in [0, 0.1) is 12.7 Å². The zero-order chi connectivity index (χ0) is 14.0. The van der Waals surface area contributed by atoms with Gasteiger partial charge in [-0.25, -0.2) is 9.18 Å². The van der Waals surface area contributed by atoms with E-state index in [9.17, 15) is 14.0 Å². The summed E-state index contributed by atoms with van der Waals surface area (Å²) in [5.41, 5.74) is 0.290. The molecule has 6 heteroatoms. The Labute approximate surface area is 107 Å². The molecule has 1 heterocycles. The second-order valence-electron chi connectivity index (χ2n) is 3.88. The Balaban J connectivity index is 2.33. The summed E-state index contributed by atoms with van der Waals surface area (Å²) in [6, 6.07) is 4.64. The molecular weight excluding hydrogens is 253 g/mol. The third-order valence-corrected chi connectivity index (χ3v) is 2.53. The Bertz CT molecular complexity index is 648. The summed E-state index contributed by atoms with van der Waals surface area (Å²) in [7, 11) is 0. The van der Waals surface area contributed by atoms with E-state index >= 15 is 0 Å². The van der Waals surface area contributed by atoms with E-state index in [4.69, 9.17) is 9.52 Å². The number of hydrogen-bond acceptors (Lipinski definition) is 3. The van der Waals surface area contributed by atoms with Gasteiger partial charge in [-0.1, -0.05) is 0 Å². The minimum atomic E-state index is -1.26. The van der Waals surface area contributed by atoms with E-state index in [0.717, 1.165) is 18.2 Å². The van der Waals surface area contributed by atoms with Crippen LogP contribution in [-0.4, -0.2) is 17.0 Å². The molecule has 2 rings (SSSR count). The van der Waals surface area contributed by atoms with Crippen LogP contribution in [0.3, 0.4) is 0 Å². The molecule has 0 radical (unpaired) electrons. The topological polar surface area (TPSA) is 79.5 Å². The normalized spacial score (nSPS) is 10.2. The summed E-state index contributed by atoms with van der Waals surface area (Å²) in [5.74, 6) is -2.47. The molecular formula is C13H10FNO4. The highest BCUT2D eigenvalue weighted by Crippen LogP contribution is 2.19. The zero-order valence-electron chi connectivity index (χ0n) is 9.94. The molecule has 0 saturated carbocycles. The van der Waals surface area contributed by atoms with Crippen molar-refractivity contribution in [1.82, 2.24) is 0 Å². The molecule has 19 heavy (non-hydrogen) atoms. The van der Waals surface area contributed by atoms with Crippen molar-refractivity contribution in [2.75, 3.05) is 5.32 Å². The van der Waals surface area contributed by atoms with E-state index in [-0.39, 0.29) is 17.0 Å². The van der Waals surface area contributed by atoms with E-state index in [2.05, 4.69) is 5.32 Å². The molecule has 2 N–H and O–H groups in total. The van der Waals surface area contributed by atoms with Gasteiger partial charge in [0.15, 0.2) is 5.76 Å². The summed E-state index contributed by atoms with van der Waals surface area (Å²) in [4.78, 5) is 22.8. The molecule has 0 fully saturated rings. The fourth-order valence-electron chi connectivity index (χ4n) is 1.59. The van der Waals surface area contributed by atoms with Gasteiger partial charge < -0.3 is 14.8 Å². The van der Waals surface area contributed by atoms with Crippen LogP contribution in [0.4, 0.5) is 10.1 Å². The SMILES string of the molecule is Cc1ccoc1C(=O)Nc1cc(F)ccc1C(=O)O. The number of carbonyl (C=O) groups excluding carboxylic acids is 1. The van der Waals surface area contributed by atoms with Crippen molar-refractivity contribution >= 4 is 17.6 Å². The van der Waals surface area contributed by atoms with Gasteiger partial charge in [-0.15, -0.1) is 0 Å². The lowest BCUT2D eigenvalue weighted by molar-refractivity contribution is 0.0698. The maximum atomic E-state index is 13.1. The molecule has 1 aromatic carbocycles. The van der Waals surface area contributed by atoms with E-state index in [0.29, 0.717) is 5.56 Å². The molecule has 0 atom stereocenters. The van der Waals surface area contributed by atoms with Gasteiger partial charge in [-0.3, -0.25) is 4.79 Å². The lowest BCUT2D eigenvalue weighted by Crippen LogP contribution is -2.15. The molecule has 0 aliphatic heterocycles. The lowest BCUT2D eigenvalue weighted by atomic mass is 10.1. The van der Waals surface area contributed by atoms with Crippen molar-refractivity contribution in [1.29, 1.82) is 0 Å². The van der Waals surface area contributed by atoms with Crippen LogP contribution in [0.25, 0.3) is 0 Å². The fraction of sp³-hybridized carbons (Fsp3) is 0.0769. The highest BCUT2D eigenvalue weighted by atomic mass is 19.1.